The lowest BCUT2D eigenvalue weighted by Crippen LogP contribution is -2.59. The molecule has 0 atom stereocenters. The number of unbranched alkanes of at least 4 members (excludes halogenated alkanes) is 1. The molecule has 7 heteroatoms. The van der Waals surface area contributed by atoms with Gasteiger partial charge in [-0.3, -0.25) is 0 Å². The molecule has 38 heavy (non-hydrogen) atoms. The molecule has 5 aromatic rings. The predicted molar refractivity (Wildman–Crippen MR) is 148 cm³/mol. The monoisotopic (exact) mass is 502 g/mol. The van der Waals surface area contributed by atoms with Crippen LogP contribution in [0.1, 0.15) is 55.8 Å². The van der Waals surface area contributed by atoms with E-state index in [2.05, 4.69) is 65.5 Å². The van der Waals surface area contributed by atoms with E-state index in [9.17, 15) is 10.4 Å². The van der Waals surface area contributed by atoms with Gasteiger partial charge in [0, 0.05) is 28.2 Å². The Labute approximate surface area is 221 Å². The maximum Gasteiger partial charge on any atom is 0.175 e. The summed E-state index contributed by atoms with van der Waals surface area (Å²) in [6.45, 7) is 3.95. The zero-order valence-electron chi connectivity index (χ0n) is 21.6. The van der Waals surface area contributed by atoms with Crippen LogP contribution in [0.5, 0.6) is 0 Å². The molecule has 0 saturated heterocycles. The third-order valence-electron chi connectivity index (χ3n) is 7.81. The van der Waals surface area contributed by atoms with Gasteiger partial charge in [-0.2, -0.15) is 14.9 Å². The van der Waals surface area contributed by atoms with Crippen molar-refractivity contribution in [2.45, 2.75) is 57.1 Å². The average molecular weight is 503 g/mol. The van der Waals surface area contributed by atoms with E-state index in [4.69, 9.17) is 10.7 Å². The summed E-state index contributed by atoms with van der Waals surface area (Å²) >= 11 is 0. The quantitative estimate of drug-likeness (QED) is 0.310. The third kappa shape index (κ3) is 3.94. The van der Waals surface area contributed by atoms with Crippen molar-refractivity contribution in [1.29, 1.82) is 5.26 Å². The van der Waals surface area contributed by atoms with Crippen LogP contribution in [0.3, 0.4) is 0 Å². The van der Waals surface area contributed by atoms with Gasteiger partial charge in [-0.25, -0.2) is 9.97 Å². The first-order valence-electron chi connectivity index (χ1n) is 13.1. The van der Waals surface area contributed by atoms with Crippen LogP contribution in [0, 0.1) is 18.3 Å². The Morgan fingerprint density at radius 3 is 2.47 bits per heavy atom. The van der Waals surface area contributed by atoms with Gasteiger partial charge >= 0.3 is 0 Å². The summed E-state index contributed by atoms with van der Waals surface area (Å²) in [5.41, 5.74) is 12.6. The molecule has 3 aromatic heterocycles. The molecule has 0 amide bonds. The molecule has 0 spiro atoms. The molecule has 3 N–H and O–H groups in total. The number of rotatable bonds is 6. The van der Waals surface area contributed by atoms with Crippen LogP contribution in [-0.4, -0.2) is 30.3 Å². The van der Waals surface area contributed by atoms with Gasteiger partial charge in [-0.15, -0.1) is 0 Å². The number of pyridine rings is 1. The number of aromatic nitrogens is 4. The summed E-state index contributed by atoms with van der Waals surface area (Å²) in [5, 5.41) is 25.9. The van der Waals surface area contributed by atoms with Crippen molar-refractivity contribution in [3.8, 4) is 28.5 Å². The number of benzene rings is 2. The van der Waals surface area contributed by atoms with Crippen molar-refractivity contribution in [2.75, 3.05) is 0 Å². The van der Waals surface area contributed by atoms with Gasteiger partial charge in [-0.1, -0.05) is 74.4 Å². The second-order valence-electron chi connectivity index (χ2n) is 10.6. The first-order valence-corrected chi connectivity index (χ1v) is 13.1. The number of nitriles is 1. The maximum absolute atomic E-state index is 10.8. The largest absolute Gasteiger partial charge is 0.390 e. The molecule has 0 radical (unpaired) electrons. The molecule has 190 valence electrons. The molecule has 6 rings (SSSR count). The van der Waals surface area contributed by atoms with Gasteiger partial charge in [0.2, 0.25) is 0 Å². The molecule has 7 nitrogen and oxygen atoms in total. The standard InChI is InChI=1S/C31H30N6O/c1-3-4-14-30(38)18-31(33,19-30)24-12-10-22(11-13-24)27-25(21-8-6-5-7-9-21)15-23-17-34-29-26(16-32)20(2)36-37(29)28(23)35-27/h5-13,15,17,38H,3-4,14,18-19,33H2,1-2H3. The highest BCUT2D eigenvalue weighted by Gasteiger charge is 2.51. The van der Waals surface area contributed by atoms with E-state index < -0.39 is 11.1 Å². The highest BCUT2D eigenvalue weighted by Crippen LogP contribution is 2.49. The predicted octanol–water partition coefficient (Wildman–Crippen LogP) is 5.66. The molecule has 1 aliphatic rings. The summed E-state index contributed by atoms with van der Waals surface area (Å²) in [4.78, 5) is 9.63. The van der Waals surface area contributed by atoms with E-state index in [1.165, 1.54) is 0 Å². The van der Waals surface area contributed by atoms with Crippen LogP contribution in [0.2, 0.25) is 0 Å². The second kappa shape index (κ2) is 9.02. The van der Waals surface area contributed by atoms with E-state index in [0.29, 0.717) is 35.4 Å². The van der Waals surface area contributed by atoms with Gasteiger partial charge in [0.15, 0.2) is 11.3 Å². The molecule has 3 heterocycles. The molecule has 1 saturated carbocycles. The minimum atomic E-state index is -0.659. The van der Waals surface area contributed by atoms with Crippen molar-refractivity contribution in [1.82, 2.24) is 19.6 Å². The normalized spacial score (nSPS) is 20.9. The highest BCUT2D eigenvalue weighted by atomic mass is 16.3. The van der Waals surface area contributed by atoms with E-state index in [0.717, 1.165) is 52.6 Å². The van der Waals surface area contributed by atoms with Crippen molar-refractivity contribution in [3.05, 3.63) is 83.7 Å². The molecule has 0 aliphatic heterocycles. The van der Waals surface area contributed by atoms with E-state index in [1.807, 2.05) is 25.1 Å². The van der Waals surface area contributed by atoms with Crippen molar-refractivity contribution >= 4 is 16.7 Å². The van der Waals surface area contributed by atoms with Crippen LogP contribution in [-0.2, 0) is 5.54 Å². The van der Waals surface area contributed by atoms with Gasteiger partial charge in [0.25, 0.3) is 0 Å². The van der Waals surface area contributed by atoms with Crippen LogP contribution >= 0.6 is 0 Å². The lowest BCUT2D eigenvalue weighted by molar-refractivity contribution is -0.0961. The highest BCUT2D eigenvalue weighted by molar-refractivity contribution is 5.91. The minimum Gasteiger partial charge on any atom is -0.390 e. The smallest absolute Gasteiger partial charge is 0.175 e. The van der Waals surface area contributed by atoms with Crippen LogP contribution < -0.4 is 5.73 Å². The Morgan fingerprint density at radius 2 is 1.79 bits per heavy atom. The van der Waals surface area contributed by atoms with Crippen molar-refractivity contribution in [2.24, 2.45) is 5.73 Å². The first-order chi connectivity index (χ1) is 18.3. The van der Waals surface area contributed by atoms with Crippen molar-refractivity contribution in [3.63, 3.8) is 0 Å². The lowest BCUT2D eigenvalue weighted by Gasteiger charge is -2.52. The van der Waals surface area contributed by atoms with Crippen LogP contribution in [0.4, 0.5) is 0 Å². The fourth-order valence-electron chi connectivity index (χ4n) is 5.85. The van der Waals surface area contributed by atoms with Crippen LogP contribution in [0.15, 0.2) is 66.9 Å². The summed E-state index contributed by atoms with van der Waals surface area (Å²) in [7, 11) is 0. The summed E-state index contributed by atoms with van der Waals surface area (Å²) in [6, 6.07) is 22.7. The number of fused-ring (bicyclic) bond motifs is 3. The SMILES string of the molecule is CCCCC1(O)CC(N)(c2ccc(-c3nc4c(cnc5c(C#N)c(C)nn54)cc3-c3ccccc3)cc2)C1. The summed E-state index contributed by atoms with van der Waals surface area (Å²) < 4.78 is 1.66. The number of aliphatic hydroxyl groups is 1. The molecule has 1 aliphatic carbocycles. The number of nitrogens with two attached hydrogens (primary N) is 1. The second-order valence-corrected chi connectivity index (χ2v) is 10.6. The molecule has 1 fully saturated rings. The Hall–Kier alpha value is -4.12. The topological polar surface area (TPSA) is 113 Å². The fraction of sp³-hybridized carbons (Fsp3) is 0.290. The number of hydrogen-bond acceptors (Lipinski definition) is 6. The Balaban J connectivity index is 1.46. The number of hydrogen-bond donors (Lipinski definition) is 2. The van der Waals surface area contributed by atoms with Gasteiger partial charge in [-0.05, 0) is 43.4 Å². The molecular weight excluding hydrogens is 472 g/mol. The Morgan fingerprint density at radius 1 is 1.05 bits per heavy atom. The molecule has 0 unspecified atom stereocenters. The molecule has 0 bridgehead atoms. The third-order valence-corrected chi connectivity index (χ3v) is 7.81. The van der Waals surface area contributed by atoms with E-state index in [-0.39, 0.29) is 0 Å². The Kier molecular flexibility index (Phi) is 5.75. The number of nitrogens with zero attached hydrogens (tertiary/aromatic N) is 5. The van der Waals surface area contributed by atoms with Gasteiger partial charge in [0.05, 0.1) is 17.0 Å². The van der Waals surface area contributed by atoms with Crippen molar-refractivity contribution < 1.29 is 5.11 Å². The van der Waals surface area contributed by atoms with E-state index >= 15 is 0 Å². The fourth-order valence-corrected chi connectivity index (χ4v) is 5.85. The molecular formula is C31H30N6O. The van der Waals surface area contributed by atoms with E-state index in [1.54, 1.807) is 10.7 Å². The van der Waals surface area contributed by atoms with Crippen LogP contribution in [0.25, 0.3) is 39.1 Å². The zero-order chi connectivity index (χ0) is 26.5. The number of aryl methyl sites for hydroxylation is 1. The minimum absolute atomic E-state index is 0.458. The maximum atomic E-state index is 10.8. The first kappa shape index (κ1) is 24.2. The average Bonchev–Trinajstić information content (AvgIpc) is 3.26. The van der Waals surface area contributed by atoms with Gasteiger partial charge < -0.3 is 10.8 Å². The summed E-state index contributed by atoms with van der Waals surface area (Å²) in [5.74, 6) is 0. The molecule has 2 aromatic carbocycles. The summed E-state index contributed by atoms with van der Waals surface area (Å²) in [6.07, 6.45) is 5.78. The zero-order valence-corrected chi connectivity index (χ0v) is 21.6. The van der Waals surface area contributed by atoms with Gasteiger partial charge in [0.1, 0.15) is 11.6 Å². The lowest BCUT2D eigenvalue weighted by atomic mass is 9.61. The Bertz CT molecular complexity index is 1690.